The summed E-state index contributed by atoms with van der Waals surface area (Å²) >= 11 is 0. The predicted molar refractivity (Wildman–Crippen MR) is 78.9 cm³/mol. The zero-order chi connectivity index (χ0) is 13.8. The summed E-state index contributed by atoms with van der Waals surface area (Å²) < 4.78 is 1.98. The first-order chi connectivity index (χ1) is 9.86. The van der Waals surface area contributed by atoms with Gasteiger partial charge in [-0.1, -0.05) is 47.6 Å². The van der Waals surface area contributed by atoms with E-state index in [0.29, 0.717) is 12.3 Å². The number of hydrogen-bond donors (Lipinski definition) is 1. The highest BCUT2D eigenvalue weighted by Crippen LogP contribution is 2.16. The maximum Gasteiger partial charge on any atom is 0.194 e. The Bertz CT molecular complexity index is 751. The van der Waals surface area contributed by atoms with Crippen molar-refractivity contribution < 1.29 is 9.77 Å². The normalized spacial score (nSPS) is 11.7. The molecule has 0 saturated carbocycles. The summed E-state index contributed by atoms with van der Waals surface area (Å²) in [5.41, 5.74) is 1.58. The van der Waals surface area contributed by atoms with Crippen LogP contribution < -0.4 is 4.57 Å². The molecule has 0 radical (unpaired) electrons. The Balaban J connectivity index is 1.95. The molecule has 0 aliphatic carbocycles. The van der Waals surface area contributed by atoms with E-state index in [2.05, 4.69) is 17.3 Å². The molecule has 20 heavy (non-hydrogen) atoms. The lowest BCUT2D eigenvalue weighted by Crippen LogP contribution is -2.37. The lowest BCUT2D eigenvalue weighted by molar-refractivity contribution is -0.681. The number of pyridine rings is 1. The molecule has 0 fully saturated rings. The second-order valence-electron chi connectivity index (χ2n) is 4.66. The first kappa shape index (κ1) is 12.4. The molecular weight excluding hydrogens is 248 g/mol. The fourth-order valence-electron chi connectivity index (χ4n) is 2.26. The van der Waals surface area contributed by atoms with Crippen molar-refractivity contribution in [1.82, 2.24) is 0 Å². The van der Waals surface area contributed by atoms with Crippen molar-refractivity contribution in [1.29, 1.82) is 0 Å². The van der Waals surface area contributed by atoms with Crippen LogP contribution in [0, 0.1) is 0 Å². The highest BCUT2D eigenvalue weighted by atomic mass is 16.4. The molecule has 0 bridgehead atoms. The molecule has 0 spiro atoms. The molecule has 0 atom stereocenters. The standard InChI is InChI=1S/C17H14N2O/c20-18-17(13-19-10-4-1-5-11-19)16-9-8-14-6-2-3-7-15(14)12-16/h1-12H,13H2/p+1. The highest BCUT2D eigenvalue weighted by molar-refractivity contribution is 6.02. The minimum absolute atomic E-state index is 0.537. The number of oxime groups is 1. The third kappa shape index (κ3) is 2.52. The molecule has 3 rings (SSSR count). The molecule has 0 aliphatic rings. The third-order valence-electron chi connectivity index (χ3n) is 3.31. The van der Waals surface area contributed by atoms with Crippen LogP contribution in [0.15, 0.2) is 78.2 Å². The monoisotopic (exact) mass is 263 g/mol. The molecule has 0 amide bonds. The van der Waals surface area contributed by atoms with Gasteiger partial charge in [-0.2, -0.15) is 4.57 Å². The largest absolute Gasteiger partial charge is 0.410 e. The first-order valence-corrected chi connectivity index (χ1v) is 6.51. The van der Waals surface area contributed by atoms with Crippen LogP contribution in [0.4, 0.5) is 0 Å². The molecule has 0 saturated heterocycles. The number of fused-ring (bicyclic) bond motifs is 1. The van der Waals surface area contributed by atoms with Crippen LogP contribution in [0.1, 0.15) is 5.56 Å². The van der Waals surface area contributed by atoms with Gasteiger partial charge in [0.15, 0.2) is 24.7 Å². The van der Waals surface area contributed by atoms with Gasteiger partial charge in [0.05, 0.1) is 0 Å². The van der Waals surface area contributed by atoms with Crippen molar-refractivity contribution in [3.8, 4) is 0 Å². The maximum absolute atomic E-state index is 9.29. The fourth-order valence-corrected chi connectivity index (χ4v) is 2.26. The van der Waals surface area contributed by atoms with E-state index in [1.54, 1.807) is 0 Å². The number of hydrogen-bond acceptors (Lipinski definition) is 2. The van der Waals surface area contributed by atoms with Gasteiger partial charge in [0.25, 0.3) is 0 Å². The van der Waals surface area contributed by atoms with Gasteiger partial charge < -0.3 is 5.21 Å². The molecule has 1 heterocycles. The minimum atomic E-state index is 0.537. The van der Waals surface area contributed by atoms with Gasteiger partial charge in [0.2, 0.25) is 0 Å². The van der Waals surface area contributed by atoms with Gasteiger partial charge in [0, 0.05) is 17.7 Å². The summed E-state index contributed by atoms with van der Waals surface area (Å²) in [6.45, 7) is 0.537. The van der Waals surface area contributed by atoms with Crippen molar-refractivity contribution in [3.63, 3.8) is 0 Å². The SMILES string of the molecule is ON=C(C[n+]1ccccc1)c1ccc2ccccc2c1. The minimum Gasteiger partial charge on any atom is -0.410 e. The number of benzene rings is 2. The molecule has 3 heteroatoms. The smallest absolute Gasteiger partial charge is 0.194 e. The Labute approximate surface area is 117 Å². The van der Waals surface area contributed by atoms with E-state index < -0.39 is 0 Å². The molecule has 0 aliphatic heterocycles. The molecule has 1 N–H and O–H groups in total. The molecule has 3 nitrogen and oxygen atoms in total. The van der Waals surface area contributed by atoms with Crippen LogP contribution in [0.5, 0.6) is 0 Å². The van der Waals surface area contributed by atoms with Gasteiger partial charge in [-0.05, 0) is 16.8 Å². The average Bonchev–Trinajstić information content (AvgIpc) is 2.53. The summed E-state index contributed by atoms with van der Waals surface area (Å²) in [5.74, 6) is 0. The van der Waals surface area contributed by atoms with Crippen LogP contribution in [0.25, 0.3) is 10.8 Å². The second kappa shape index (κ2) is 5.53. The second-order valence-corrected chi connectivity index (χ2v) is 4.66. The summed E-state index contributed by atoms with van der Waals surface area (Å²) in [6.07, 6.45) is 3.90. The lowest BCUT2D eigenvalue weighted by Gasteiger charge is -2.04. The Morgan fingerprint density at radius 3 is 2.40 bits per heavy atom. The van der Waals surface area contributed by atoms with Crippen LogP contribution in [0.2, 0.25) is 0 Å². The van der Waals surface area contributed by atoms with Gasteiger partial charge in [-0.15, -0.1) is 0 Å². The number of rotatable bonds is 3. The number of nitrogens with zero attached hydrogens (tertiary/aromatic N) is 2. The predicted octanol–water partition coefficient (Wildman–Crippen LogP) is 3.01. The van der Waals surface area contributed by atoms with Crippen molar-refractivity contribution in [2.24, 2.45) is 5.16 Å². The van der Waals surface area contributed by atoms with E-state index >= 15 is 0 Å². The molecule has 1 aromatic heterocycles. The fraction of sp³-hybridized carbons (Fsp3) is 0.0588. The molecular formula is C17H15N2O+. The summed E-state index contributed by atoms with van der Waals surface area (Å²) in [7, 11) is 0. The first-order valence-electron chi connectivity index (χ1n) is 6.51. The van der Waals surface area contributed by atoms with E-state index in [0.717, 1.165) is 10.9 Å². The zero-order valence-electron chi connectivity index (χ0n) is 11.0. The summed E-state index contributed by atoms with van der Waals surface area (Å²) in [4.78, 5) is 0. The molecule has 3 aromatic rings. The Kier molecular flexibility index (Phi) is 3.42. The van der Waals surface area contributed by atoms with Crippen molar-refractivity contribution in [3.05, 3.63) is 78.6 Å². The van der Waals surface area contributed by atoms with E-state index in [9.17, 15) is 5.21 Å². The van der Waals surface area contributed by atoms with Gasteiger partial charge >= 0.3 is 0 Å². The van der Waals surface area contributed by atoms with E-state index in [4.69, 9.17) is 0 Å². The quantitative estimate of drug-likeness (QED) is 0.335. The summed E-state index contributed by atoms with van der Waals surface area (Å²) in [5, 5.41) is 15.1. The summed E-state index contributed by atoms with van der Waals surface area (Å²) in [6, 6.07) is 20.1. The van der Waals surface area contributed by atoms with E-state index in [1.807, 2.05) is 65.5 Å². The maximum atomic E-state index is 9.29. The third-order valence-corrected chi connectivity index (χ3v) is 3.31. The Hall–Kier alpha value is -2.68. The van der Waals surface area contributed by atoms with Crippen molar-refractivity contribution in [2.75, 3.05) is 0 Å². The average molecular weight is 263 g/mol. The topological polar surface area (TPSA) is 36.5 Å². The van der Waals surface area contributed by atoms with Gasteiger partial charge in [-0.25, -0.2) is 0 Å². The van der Waals surface area contributed by atoms with E-state index in [-0.39, 0.29) is 0 Å². The zero-order valence-corrected chi connectivity index (χ0v) is 11.0. The van der Waals surface area contributed by atoms with Gasteiger partial charge in [0.1, 0.15) is 0 Å². The Morgan fingerprint density at radius 1 is 0.900 bits per heavy atom. The molecule has 0 unspecified atom stereocenters. The van der Waals surface area contributed by atoms with Crippen LogP contribution >= 0.6 is 0 Å². The highest BCUT2D eigenvalue weighted by Gasteiger charge is 2.10. The van der Waals surface area contributed by atoms with Crippen molar-refractivity contribution >= 4 is 16.5 Å². The van der Waals surface area contributed by atoms with Crippen LogP contribution in [-0.2, 0) is 6.54 Å². The van der Waals surface area contributed by atoms with Crippen LogP contribution in [0.3, 0.4) is 0 Å². The molecule has 2 aromatic carbocycles. The van der Waals surface area contributed by atoms with Gasteiger partial charge in [-0.3, -0.25) is 0 Å². The van der Waals surface area contributed by atoms with Crippen molar-refractivity contribution in [2.45, 2.75) is 6.54 Å². The van der Waals surface area contributed by atoms with Crippen LogP contribution in [-0.4, -0.2) is 10.9 Å². The molecule has 98 valence electrons. The number of aromatic nitrogens is 1. The Morgan fingerprint density at radius 2 is 1.65 bits per heavy atom. The lowest BCUT2D eigenvalue weighted by atomic mass is 10.0. The van der Waals surface area contributed by atoms with E-state index in [1.165, 1.54) is 5.39 Å².